The van der Waals surface area contributed by atoms with Gasteiger partial charge in [0, 0.05) is 6.42 Å². The highest BCUT2D eigenvalue weighted by atomic mass is 16.5. The molecule has 0 aliphatic carbocycles. The molecule has 1 heterocycles. The van der Waals surface area contributed by atoms with Gasteiger partial charge in [0.25, 0.3) is 0 Å². The minimum absolute atomic E-state index is 0.572. The molecular formula is C26H28N2O3. The molecule has 1 aromatic heterocycles. The third kappa shape index (κ3) is 4.66. The fourth-order valence-electron chi connectivity index (χ4n) is 3.95. The van der Waals surface area contributed by atoms with Crippen LogP contribution in [0.4, 0.5) is 0 Å². The van der Waals surface area contributed by atoms with Gasteiger partial charge in [-0.25, -0.2) is 4.98 Å². The Morgan fingerprint density at radius 2 is 1.58 bits per heavy atom. The Hall–Kier alpha value is -3.47. The number of para-hydroxylation sites is 2. The maximum Gasteiger partial charge on any atom is 0.161 e. The molecule has 4 rings (SSSR count). The fraction of sp³-hybridized carbons (Fsp3) is 0.269. The number of hydrogen-bond acceptors (Lipinski definition) is 4. The molecule has 0 radical (unpaired) electrons. The maximum absolute atomic E-state index is 6.08. The summed E-state index contributed by atoms with van der Waals surface area (Å²) in [7, 11) is 3.30. The van der Waals surface area contributed by atoms with E-state index in [4.69, 9.17) is 19.2 Å². The van der Waals surface area contributed by atoms with Crippen LogP contribution in [0, 0.1) is 13.8 Å². The van der Waals surface area contributed by atoms with Crippen LogP contribution in [0.2, 0.25) is 0 Å². The summed E-state index contributed by atoms with van der Waals surface area (Å²) >= 11 is 0. The summed E-state index contributed by atoms with van der Waals surface area (Å²) in [5.74, 6) is 3.35. The molecule has 0 bridgehead atoms. The van der Waals surface area contributed by atoms with Gasteiger partial charge in [-0.1, -0.05) is 24.3 Å². The molecule has 5 nitrogen and oxygen atoms in total. The zero-order chi connectivity index (χ0) is 21.8. The number of fused-ring (bicyclic) bond motifs is 1. The number of ether oxygens (including phenoxy) is 3. The van der Waals surface area contributed by atoms with Crippen LogP contribution in [0.5, 0.6) is 17.2 Å². The standard InChI is InChI=1S/C26H28N2O3/c1-18-13-19(2)15-21(14-18)31-12-11-28-23-8-6-5-7-22(23)27-26(28)17-20-9-10-24(29-3)25(16-20)30-4/h5-10,13-16H,11-12,17H2,1-4H3. The normalized spacial score (nSPS) is 11.0. The van der Waals surface area contributed by atoms with Crippen LogP contribution in [0.1, 0.15) is 22.5 Å². The van der Waals surface area contributed by atoms with Crippen LogP contribution in [-0.2, 0) is 13.0 Å². The summed E-state index contributed by atoms with van der Waals surface area (Å²) in [6.07, 6.45) is 0.693. The van der Waals surface area contributed by atoms with Crippen molar-refractivity contribution in [1.29, 1.82) is 0 Å². The van der Waals surface area contributed by atoms with Crippen LogP contribution in [0.15, 0.2) is 60.7 Å². The van der Waals surface area contributed by atoms with E-state index in [-0.39, 0.29) is 0 Å². The molecule has 0 aliphatic heterocycles. The van der Waals surface area contributed by atoms with Crippen LogP contribution >= 0.6 is 0 Å². The lowest BCUT2D eigenvalue weighted by Gasteiger charge is -2.13. The summed E-state index contributed by atoms with van der Waals surface area (Å²) in [6.45, 7) is 5.47. The topological polar surface area (TPSA) is 45.5 Å². The minimum atomic E-state index is 0.572. The van der Waals surface area contributed by atoms with Gasteiger partial charge in [-0.15, -0.1) is 0 Å². The Bertz CT molecular complexity index is 1180. The van der Waals surface area contributed by atoms with Crippen molar-refractivity contribution in [1.82, 2.24) is 9.55 Å². The van der Waals surface area contributed by atoms with Crippen molar-refractivity contribution >= 4 is 11.0 Å². The lowest BCUT2D eigenvalue weighted by atomic mass is 10.1. The first-order valence-corrected chi connectivity index (χ1v) is 10.4. The average Bonchev–Trinajstić information content (AvgIpc) is 3.10. The predicted molar refractivity (Wildman–Crippen MR) is 123 cm³/mol. The van der Waals surface area contributed by atoms with Crippen LogP contribution in [0.3, 0.4) is 0 Å². The molecule has 0 N–H and O–H groups in total. The first-order chi connectivity index (χ1) is 15.1. The van der Waals surface area contributed by atoms with E-state index in [9.17, 15) is 0 Å². The van der Waals surface area contributed by atoms with Crippen molar-refractivity contribution in [2.24, 2.45) is 0 Å². The third-order valence-electron chi connectivity index (χ3n) is 5.32. The Morgan fingerprint density at radius 1 is 0.839 bits per heavy atom. The first-order valence-electron chi connectivity index (χ1n) is 10.4. The minimum Gasteiger partial charge on any atom is -0.493 e. The highest BCUT2D eigenvalue weighted by Gasteiger charge is 2.13. The van der Waals surface area contributed by atoms with Gasteiger partial charge >= 0.3 is 0 Å². The van der Waals surface area contributed by atoms with Crippen molar-refractivity contribution in [2.45, 2.75) is 26.8 Å². The molecule has 3 aromatic carbocycles. The molecule has 0 unspecified atom stereocenters. The fourth-order valence-corrected chi connectivity index (χ4v) is 3.95. The number of methoxy groups -OCH3 is 2. The largest absolute Gasteiger partial charge is 0.493 e. The number of aromatic nitrogens is 2. The van der Waals surface area contributed by atoms with E-state index in [1.54, 1.807) is 14.2 Å². The Labute approximate surface area is 183 Å². The smallest absolute Gasteiger partial charge is 0.161 e. The molecule has 0 spiro atoms. The molecule has 31 heavy (non-hydrogen) atoms. The molecule has 0 fully saturated rings. The molecule has 0 amide bonds. The highest BCUT2D eigenvalue weighted by molar-refractivity contribution is 5.76. The van der Waals surface area contributed by atoms with E-state index in [1.165, 1.54) is 11.1 Å². The second-order valence-electron chi connectivity index (χ2n) is 7.71. The van der Waals surface area contributed by atoms with Crippen molar-refractivity contribution < 1.29 is 14.2 Å². The van der Waals surface area contributed by atoms with Crippen molar-refractivity contribution in [3.05, 3.63) is 83.2 Å². The number of rotatable bonds is 8. The Kier molecular flexibility index (Phi) is 6.12. The van der Waals surface area contributed by atoms with Crippen LogP contribution < -0.4 is 14.2 Å². The van der Waals surface area contributed by atoms with Gasteiger partial charge in [-0.05, 0) is 66.9 Å². The van der Waals surface area contributed by atoms with E-state index in [1.807, 2.05) is 24.3 Å². The number of nitrogens with zero attached hydrogens (tertiary/aromatic N) is 2. The average molecular weight is 417 g/mol. The van der Waals surface area contributed by atoms with E-state index in [0.717, 1.165) is 46.2 Å². The van der Waals surface area contributed by atoms with Crippen molar-refractivity contribution in [3.63, 3.8) is 0 Å². The van der Waals surface area contributed by atoms with Crippen LogP contribution in [-0.4, -0.2) is 30.4 Å². The van der Waals surface area contributed by atoms with Crippen molar-refractivity contribution in [3.8, 4) is 17.2 Å². The van der Waals surface area contributed by atoms with Gasteiger partial charge < -0.3 is 18.8 Å². The zero-order valence-corrected chi connectivity index (χ0v) is 18.5. The van der Waals surface area contributed by atoms with Gasteiger partial charge in [0.1, 0.15) is 18.2 Å². The van der Waals surface area contributed by atoms with E-state index in [2.05, 4.69) is 54.8 Å². The molecule has 0 saturated carbocycles. The van der Waals surface area contributed by atoms with Gasteiger partial charge in [-0.2, -0.15) is 0 Å². The number of aryl methyl sites for hydroxylation is 2. The van der Waals surface area contributed by atoms with Crippen molar-refractivity contribution in [2.75, 3.05) is 20.8 Å². The molecule has 5 heteroatoms. The lowest BCUT2D eigenvalue weighted by molar-refractivity contribution is 0.298. The lowest BCUT2D eigenvalue weighted by Crippen LogP contribution is -2.12. The number of imidazole rings is 1. The summed E-state index contributed by atoms with van der Waals surface area (Å²) < 4.78 is 19.1. The van der Waals surface area contributed by atoms with Crippen LogP contribution in [0.25, 0.3) is 11.0 Å². The predicted octanol–water partition coefficient (Wildman–Crippen LogP) is 5.34. The second-order valence-corrected chi connectivity index (χ2v) is 7.71. The zero-order valence-electron chi connectivity index (χ0n) is 18.5. The molecule has 4 aromatic rings. The van der Waals surface area contributed by atoms with Gasteiger partial charge in [0.05, 0.1) is 31.8 Å². The monoisotopic (exact) mass is 416 g/mol. The summed E-state index contributed by atoms with van der Waals surface area (Å²) in [5, 5.41) is 0. The maximum atomic E-state index is 6.08. The molecule has 0 aliphatic rings. The molecular weight excluding hydrogens is 388 g/mol. The van der Waals surface area contributed by atoms with Gasteiger partial charge in [-0.3, -0.25) is 0 Å². The summed E-state index contributed by atoms with van der Waals surface area (Å²) in [5.41, 5.74) is 5.63. The van der Waals surface area contributed by atoms with E-state index < -0.39 is 0 Å². The highest BCUT2D eigenvalue weighted by Crippen LogP contribution is 2.29. The van der Waals surface area contributed by atoms with Gasteiger partial charge in [0.15, 0.2) is 11.5 Å². The molecule has 0 saturated heterocycles. The number of hydrogen-bond donors (Lipinski definition) is 0. The first kappa shape index (κ1) is 20.8. The quantitative estimate of drug-likeness (QED) is 0.389. The summed E-state index contributed by atoms with van der Waals surface area (Å²) in [4.78, 5) is 4.90. The summed E-state index contributed by atoms with van der Waals surface area (Å²) in [6, 6.07) is 20.5. The molecule has 160 valence electrons. The Morgan fingerprint density at radius 3 is 2.32 bits per heavy atom. The van der Waals surface area contributed by atoms with E-state index in [0.29, 0.717) is 13.0 Å². The van der Waals surface area contributed by atoms with E-state index >= 15 is 0 Å². The Balaban J connectivity index is 1.58. The SMILES string of the molecule is COc1ccc(Cc2nc3ccccc3n2CCOc2cc(C)cc(C)c2)cc1OC. The molecule has 0 atom stereocenters. The van der Waals surface area contributed by atoms with Gasteiger partial charge in [0.2, 0.25) is 0 Å². The third-order valence-corrected chi connectivity index (χ3v) is 5.32. The number of benzene rings is 3. The second kappa shape index (κ2) is 9.13.